The van der Waals surface area contributed by atoms with Crippen LogP contribution in [0.1, 0.15) is 58.8 Å². The highest BCUT2D eigenvalue weighted by molar-refractivity contribution is 5.82. The molecular weight excluding hydrogens is 212 g/mol. The lowest BCUT2D eigenvalue weighted by atomic mass is 9.89. The minimum atomic E-state index is -0.164. The fourth-order valence-electron chi connectivity index (χ4n) is 2.33. The number of unbranched alkanes of at least 4 members (excludes halogenated alkanes) is 5. The summed E-state index contributed by atoms with van der Waals surface area (Å²) in [6.45, 7) is 6.94. The van der Waals surface area contributed by atoms with E-state index in [1.54, 1.807) is 0 Å². The SMILES string of the molecule is CCCCCCCCNC(=O)C1(C)CCNC1. The van der Waals surface area contributed by atoms with Gasteiger partial charge in [0, 0.05) is 13.1 Å². The lowest BCUT2D eigenvalue weighted by Crippen LogP contribution is -2.40. The minimum absolute atomic E-state index is 0.164. The van der Waals surface area contributed by atoms with E-state index in [9.17, 15) is 4.79 Å². The molecule has 1 fully saturated rings. The zero-order chi connectivity index (χ0) is 12.6. The van der Waals surface area contributed by atoms with Crippen molar-refractivity contribution in [2.45, 2.75) is 58.8 Å². The Balaban J connectivity index is 2.00. The summed E-state index contributed by atoms with van der Waals surface area (Å²) < 4.78 is 0. The van der Waals surface area contributed by atoms with E-state index in [0.717, 1.165) is 32.5 Å². The van der Waals surface area contributed by atoms with Gasteiger partial charge in [0.1, 0.15) is 0 Å². The largest absolute Gasteiger partial charge is 0.356 e. The molecule has 17 heavy (non-hydrogen) atoms. The first-order valence-corrected chi connectivity index (χ1v) is 7.18. The van der Waals surface area contributed by atoms with E-state index < -0.39 is 0 Å². The first-order chi connectivity index (χ1) is 8.19. The standard InChI is InChI=1S/C14H28N2O/c1-3-4-5-6-7-8-10-16-13(17)14(2)9-11-15-12-14/h15H,3-12H2,1-2H3,(H,16,17). The van der Waals surface area contributed by atoms with Crippen LogP contribution < -0.4 is 10.6 Å². The van der Waals surface area contributed by atoms with E-state index >= 15 is 0 Å². The van der Waals surface area contributed by atoms with Gasteiger partial charge in [0.15, 0.2) is 0 Å². The van der Waals surface area contributed by atoms with Gasteiger partial charge in [-0.2, -0.15) is 0 Å². The molecule has 0 aromatic rings. The van der Waals surface area contributed by atoms with Gasteiger partial charge in [-0.1, -0.05) is 39.0 Å². The first kappa shape index (κ1) is 14.5. The average Bonchev–Trinajstić information content (AvgIpc) is 2.76. The lowest BCUT2D eigenvalue weighted by molar-refractivity contribution is -0.129. The maximum absolute atomic E-state index is 12.0. The van der Waals surface area contributed by atoms with Crippen molar-refractivity contribution < 1.29 is 4.79 Å². The quantitative estimate of drug-likeness (QED) is 0.640. The third-order valence-corrected chi connectivity index (χ3v) is 3.73. The third-order valence-electron chi connectivity index (χ3n) is 3.73. The van der Waals surface area contributed by atoms with E-state index in [-0.39, 0.29) is 11.3 Å². The second-order valence-electron chi connectivity index (χ2n) is 5.51. The number of rotatable bonds is 8. The summed E-state index contributed by atoms with van der Waals surface area (Å²) in [6, 6.07) is 0. The summed E-state index contributed by atoms with van der Waals surface area (Å²) in [5.41, 5.74) is -0.164. The van der Waals surface area contributed by atoms with Crippen LogP contribution in [0.4, 0.5) is 0 Å². The van der Waals surface area contributed by atoms with Crippen LogP contribution >= 0.6 is 0 Å². The second-order valence-corrected chi connectivity index (χ2v) is 5.51. The highest BCUT2D eigenvalue weighted by Crippen LogP contribution is 2.24. The third kappa shape index (κ3) is 5.07. The molecule has 0 spiro atoms. The molecule has 3 nitrogen and oxygen atoms in total. The Morgan fingerprint density at radius 3 is 2.59 bits per heavy atom. The zero-order valence-corrected chi connectivity index (χ0v) is 11.5. The molecule has 1 amide bonds. The molecule has 1 unspecified atom stereocenters. The van der Waals surface area contributed by atoms with Crippen LogP contribution in [-0.2, 0) is 4.79 Å². The molecule has 1 atom stereocenters. The minimum Gasteiger partial charge on any atom is -0.356 e. The van der Waals surface area contributed by atoms with E-state index in [1.807, 2.05) is 0 Å². The van der Waals surface area contributed by atoms with Crippen molar-refractivity contribution >= 4 is 5.91 Å². The molecular formula is C14H28N2O. The maximum atomic E-state index is 12.0. The summed E-state index contributed by atoms with van der Waals surface area (Å²) in [5, 5.41) is 6.33. The summed E-state index contributed by atoms with van der Waals surface area (Å²) in [4.78, 5) is 12.0. The van der Waals surface area contributed by atoms with Crippen molar-refractivity contribution in [2.24, 2.45) is 5.41 Å². The second kappa shape index (κ2) is 7.70. The van der Waals surface area contributed by atoms with Gasteiger partial charge in [-0.3, -0.25) is 4.79 Å². The summed E-state index contributed by atoms with van der Waals surface area (Å²) >= 11 is 0. The number of carbonyl (C=O) groups is 1. The van der Waals surface area contributed by atoms with Crippen LogP contribution in [0.3, 0.4) is 0 Å². The smallest absolute Gasteiger partial charge is 0.227 e. The molecule has 1 heterocycles. The van der Waals surface area contributed by atoms with Gasteiger partial charge in [0.25, 0.3) is 0 Å². The van der Waals surface area contributed by atoms with Crippen LogP contribution in [-0.4, -0.2) is 25.5 Å². The van der Waals surface area contributed by atoms with Gasteiger partial charge in [-0.15, -0.1) is 0 Å². The number of carbonyl (C=O) groups excluding carboxylic acids is 1. The molecule has 1 saturated heterocycles. The lowest BCUT2D eigenvalue weighted by Gasteiger charge is -2.21. The van der Waals surface area contributed by atoms with Crippen molar-refractivity contribution in [3.05, 3.63) is 0 Å². The number of hydrogen-bond donors (Lipinski definition) is 2. The summed E-state index contributed by atoms with van der Waals surface area (Å²) in [7, 11) is 0. The van der Waals surface area contributed by atoms with Gasteiger partial charge >= 0.3 is 0 Å². The molecule has 3 heteroatoms. The predicted molar refractivity (Wildman–Crippen MR) is 72.0 cm³/mol. The van der Waals surface area contributed by atoms with Crippen LogP contribution in [0.2, 0.25) is 0 Å². The number of hydrogen-bond acceptors (Lipinski definition) is 2. The zero-order valence-electron chi connectivity index (χ0n) is 11.5. The normalized spacial score (nSPS) is 23.9. The maximum Gasteiger partial charge on any atom is 0.227 e. The Morgan fingerprint density at radius 2 is 1.94 bits per heavy atom. The molecule has 100 valence electrons. The van der Waals surface area contributed by atoms with E-state index in [1.165, 1.54) is 32.1 Å². The van der Waals surface area contributed by atoms with Crippen molar-refractivity contribution in [1.29, 1.82) is 0 Å². The Labute approximate surface area is 106 Å². The Bertz CT molecular complexity index is 222. The van der Waals surface area contributed by atoms with E-state index in [2.05, 4.69) is 24.5 Å². The highest BCUT2D eigenvalue weighted by Gasteiger charge is 2.35. The summed E-state index contributed by atoms with van der Waals surface area (Å²) in [6.07, 6.45) is 8.62. The van der Waals surface area contributed by atoms with Crippen molar-refractivity contribution in [2.75, 3.05) is 19.6 Å². The van der Waals surface area contributed by atoms with Gasteiger partial charge in [-0.05, 0) is 26.3 Å². The molecule has 1 aliphatic heterocycles. The topological polar surface area (TPSA) is 41.1 Å². The Kier molecular flexibility index (Phi) is 6.56. The predicted octanol–water partition coefficient (Wildman–Crippen LogP) is 2.46. The molecule has 0 saturated carbocycles. The van der Waals surface area contributed by atoms with Gasteiger partial charge in [0.05, 0.1) is 5.41 Å². The van der Waals surface area contributed by atoms with Crippen LogP contribution in [0.15, 0.2) is 0 Å². The molecule has 0 radical (unpaired) electrons. The monoisotopic (exact) mass is 240 g/mol. The van der Waals surface area contributed by atoms with Gasteiger partial charge < -0.3 is 10.6 Å². The fourth-order valence-corrected chi connectivity index (χ4v) is 2.33. The van der Waals surface area contributed by atoms with Crippen LogP contribution in [0, 0.1) is 5.41 Å². The molecule has 2 N–H and O–H groups in total. The first-order valence-electron chi connectivity index (χ1n) is 7.18. The molecule has 0 aliphatic carbocycles. The van der Waals surface area contributed by atoms with Gasteiger partial charge in [0.2, 0.25) is 5.91 Å². The molecule has 0 aromatic carbocycles. The van der Waals surface area contributed by atoms with Crippen molar-refractivity contribution in [3.63, 3.8) is 0 Å². The van der Waals surface area contributed by atoms with Crippen molar-refractivity contribution in [1.82, 2.24) is 10.6 Å². The molecule has 0 bridgehead atoms. The molecule has 1 aliphatic rings. The Hall–Kier alpha value is -0.570. The fraction of sp³-hybridized carbons (Fsp3) is 0.929. The van der Waals surface area contributed by atoms with Crippen LogP contribution in [0.5, 0.6) is 0 Å². The Morgan fingerprint density at radius 1 is 1.24 bits per heavy atom. The van der Waals surface area contributed by atoms with Crippen molar-refractivity contribution in [3.8, 4) is 0 Å². The number of nitrogens with one attached hydrogen (secondary N) is 2. The molecule has 1 rings (SSSR count). The van der Waals surface area contributed by atoms with Gasteiger partial charge in [-0.25, -0.2) is 0 Å². The van der Waals surface area contributed by atoms with E-state index in [4.69, 9.17) is 0 Å². The average molecular weight is 240 g/mol. The molecule has 0 aromatic heterocycles. The summed E-state index contributed by atoms with van der Waals surface area (Å²) in [5.74, 6) is 0.232. The number of amides is 1. The highest BCUT2D eigenvalue weighted by atomic mass is 16.2. The van der Waals surface area contributed by atoms with E-state index in [0.29, 0.717) is 0 Å². The van der Waals surface area contributed by atoms with Crippen LogP contribution in [0.25, 0.3) is 0 Å².